The van der Waals surface area contributed by atoms with Gasteiger partial charge >= 0.3 is 5.97 Å². The van der Waals surface area contributed by atoms with E-state index in [-0.39, 0.29) is 23.6 Å². The summed E-state index contributed by atoms with van der Waals surface area (Å²) in [4.78, 5) is 24.4. The molecule has 7 nitrogen and oxygen atoms in total. The zero-order chi connectivity index (χ0) is 21.4. The van der Waals surface area contributed by atoms with Gasteiger partial charge < -0.3 is 24.3 Å². The first-order valence-corrected chi connectivity index (χ1v) is 9.30. The number of benzene rings is 2. The van der Waals surface area contributed by atoms with Crippen molar-refractivity contribution in [3.8, 4) is 17.2 Å². The van der Waals surface area contributed by atoms with Crippen molar-refractivity contribution in [2.24, 2.45) is 0 Å². The van der Waals surface area contributed by atoms with E-state index in [0.717, 1.165) is 11.3 Å². The molecule has 0 saturated heterocycles. The van der Waals surface area contributed by atoms with Gasteiger partial charge in [0.05, 0.1) is 39.2 Å². The largest absolute Gasteiger partial charge is 0.493 e. The Morgan fingerprint density at radius 1 is 1.00 bits per heavy atom. The van der Waals surface area contributed by atoms with Crippen molar-refractivity contribution in [1.29, 1.82) is 0 Å². The molecule has 2 aromatic rings. The van der Waals surface area contributed by atoms with E-state index in [9.17, 15) is 9.59 Å². The Hall–Kier alpha value is -2.93. The molecular formula is C21H24ClNO6. The van der Waals surface area contributed by atoms with Crippen LogP contribution in [0.3, 0.4) is 0 Å². The van der Waals surface area contributed by atoms with E-state index in [4.69, 9.17) is 30.5 Å². The normalized spacial score (nSPS) is 10.2. The van der Waals surface area contributed by atoms with E-state index in [2.05, 4.69) is 5.32 Å². The average molecular weight is 422 g/mol. The first kappa shape index (κ1) is 22.4. The molecule has 0 saturated carbocycles. The van der Waals surface area contributed by atoms with Crippen LogP contribution in [0.15, 0.2) is 30.3 Å². The number of amides is 1. The van der Waals surface area contributed by atoms with Crippen LogP contribution in [0.25, 0.3) is 0 Å². The molecule has 29 heavy (non-hydrogen) atoms. The Bertz CT molecular complexity index is 884. The van der Waals surface area contributed by atoms with E-state index >= 15 is 0 Å². The maximum Gasteiger partial charge on any atom is 0.340 e. The minimum absolute atomic E-state index is 0.173. The van der Waals surface area contributed by atoms with Gasteiger partial charge in [0.15, 0.2) is 11.5 Å². The molecule has 0 unspecified atom stereocenters. The molecule has 0 spiro atoms. The fraction of sp³-hybridized carbons (Fsp3) is 0.333. The van der Waals surface area contributed by atoms with Gasteiger partial charge in [0, 0.05) is 23.6 Å². The number of ether oxygens (including phenoxy) is 4. The van der Waals surface area contributed by atoms with Crippen molar-refractivity contribution in [3.05, 3.63) is 46.5 Å². The quantitative estimate of drug-likeness (QED) is 0.481. The minimum Gasteiger partial charge on any atom is -0.493 e. The molecule has 0 radical (unpaired) electrons. The highest BCUT2D eigenvalue weighted by atomic mass is 35.5. The standard InChI is InChI=1S/C21H24ClNO6/c1-13-10-14(22)7-8-17(13)29-9-5-6-20(24)23-16-12-19(27-3)18(26-2)11-15(16)21(25)28-4/h7-8,10-12H,5-6,9H2,1-4H3,(H,23,24). The van der Waals surface area contributed by atoms with Gasteiger partial charge in [0.1, 0.15) is 5.75 Å². The number of anilines is 1. The van der Waals surface area contributed by atoms with Crippen LogP contribution in [0.1, 0.15) is 28.8 Å². The van der Waals surface area contributed by atoms with Gasteiger partial charge in [-0.15, -0.1) is 0 Å². The number of halogens is 1. The summed E-state index contributed by atoms with van der Waals surface area (Å²) >= 11 is 5.92. The predicted octanol–water partition coefficient (Wildman–Crippen LogP) is 4.25. The van der Waals surface area contributed by atoms with E-state index in [0.29, 0.717) is 29.5 Å². The molecule has 2 aromatic carbocycles. The highest BCUT2D eigenvalue weighted by Crippen LogP contribution is 2.34. The van der Waals surface area contributed by atoms with Gasteiger partial charge in [-0.25, -0.2) is 4.79 Å². The highest BCUT2D eigenvalue weighted by molar-refractivity contribution is 6.30. The van der Waals surface area contributed by atoms with Gasteiger partial charge in [-0.3, -0.25) is 4.79 Å². The SMILES string of the molecule is COC(=O)c1cc(OC)c(OC)cc1NC(=O)CCCOc1ccc(Cl)cc1C. The number of aryl methyl sites for hydroxylation is 1. The number of hydrogen-bond acceptors (Lipinski definition) is 6. The monoisotopic (exact) mass is 421 g/mol. The van der Waals surface area contributed by atoms with Crippen LogP contribution in [0, 0.1) is 6.92 Å². The lowest BCUT2D eigenvalue weighted by molar-refractivity contribution is -0.116. The van der Waals surface area contributed by atoms with Crippen LogP contribution in [0.2, 0.25) is 5.02 Å². The number of methoxy groups -OCH3 is 3. The van der Waals surface area contributed by atoms with Crippen molar-refractivity contribution in [2.45, 2.75) is 19.8 Å². The molecule has 1 N–H and O–H groups in total. The fourth-order valence-corrected chi connectivity index (χ4v) is 2.89. The topological polar surface area (TPSA) is 83.1 Å². The molecule has 2 rings (SSSR count). The lowest BCUT2D eigenvalue weighted by atomic mass is 10.1. The number of carbonyl (C=O) groups excluding carboxylic acids is 2. The van der Waals surface area contributed by atoms with Crippen molar-refractivity contribution in [1.82, 2.24) is 0 Å². The molecule has 0 aliphatic rings. The maximum absolute atomic E-state index is 12.3. The first-order valence-electron chi connectivity index (χ1n) is 8.92. The van der Waals surface area contributed by atoms with Crippen LogP contribution < -0.4 is 19.5 Å². The number of nitrogens with one attached hydrogen (secondary N) is 1. The van der Waals surface area contributed by atoms with Crippen molar-refractivity contribution < 1.29 is 28.5 Å². The fourth-order valence-electron chi connectivity index (χ4n) is 2.66. The van der Waals surface area contributed by atoms with Gasteiger partial charge in [0.25, 0.3) is 0 Å². The summed E-state index contributed by atoms with van der Waals surface area (Å²) in [5.74, 6) is 0.610. The minimum atomic E-state index is -0.595. The molecule has 0 fully saturated rings. The third kappa shape index (κ3) is 6.02. The van der Waals surface area contributed by atoms with Crippen LogP contribution >= 0.6 is 11.6 Å². The molecule has 156 valence electrons. The second kappa shape index (κ2) is 10.6. The zero-order valence-electron chi connectivity index (χ0n) is 16.8. The van der Waals surface area contributed by atoms with E-state index in [1.807, 2.05) is 13.0 Å². The number of rotatable bonds is 9. The van der Waals surface area contributed by atoms with E-state index < -0.39 is 5.97 Å². The molecule has 8 heteroatoms. The second-order valence-corrected chi connectivity index (χ2v) is 6.59. The molecule has 0 heterocycles. The Balaban J connectivity index is 1.99. The van der Waals surface area contributed by atoms with E-state index in [1.54, 1.807) is 12.1 Å². The average Bonchev–Trinajstić information content (AvgIpc) is 2.71. The Morgan fingerprint density at radius 2 is 1.69 bits per heavy atom. The van der Waals surface area contributed by atoms with Gasteiger partial charge in [-0.2, -0.15) is 0 Å². The molecule has 0 bridgehead atoms. The number of esters is 1. The molecular weight excluding hydrogens is 398 g/mol. The van der Waals surface area contributed by atoms with Crippen molar-refractivity contribution in [2.75, 3.05) is 33.3 Å². The van der Waals surface area contributed by atoms with Crippen LogP contribution in [-0.4, -0.2) is 39.8 Å². The molecule has 0 aliphatic heterocycles. The third-order valence-electron chi connectivity index (χ3n) is 4.15. The molecule has 0 atom stereocenters. The predicted molar refractivity (Wildman–Crippen MR) is 110 cm³/mol. The summed E-state index contributed by atoms with van der Waals surface area (Å²) in [6, 6.07) is 8.35. The maximum atomic E-state index is 12.3. The van der Waals surface area contributed by atoms with Crippen molar-refractivity contribution in [3.63, 3.8) is 0 Å². The van der Waals surface area contributed by atoms with Crippen molar-refractivity contribution >= 4 is 29.2 Å². The first-order chi connectivity index (χ1) is 13.9. The summed E-state index contributed by atoms with van der Waals surface area (Å²) in [5, 5.41) is 3.37. The third-order valence-corrected chi connectivity index (χ3v) is 4.38. The summed E-state index contributed by atoms with van der Waals surface area (Å²) in [5.41, 5.74) is 1.38. The molecule has 0 aromatic heterocycles. The number of hydrogen-bond donors (Lipinski definition) is 1. The summed E-state index contributed by atoms with van der Waals surface area (Å²) in [6.45, 7) is 2.27. The second-order valence-electron chi connectivity index (χ2n) is 6.15. The van der Waals surface area contributed by atoms with E-state index in [1.165, 1.54) is 33.5 Å². The molecule has 0 aliphatic carbocycles. The van der Waals surface area contributed by atoms with Gasteiger partial charge in [-0.05, 0) is 37.1 Å². The Morgan fingerprint density at radius 3 is 2.31 bits per heavy atom. The lowest BCUT2D eigenvalue weighted by Crippen LogP contribution is -2.16. The summed E-state index contributed by atoms with van der Waals surface area (Å²) in [7, 11) is 4.19. The summed E-state index contributed by atoms with van der Waals surface area (Å²) < 4.78 is 20.9. The van der Waals surface area contributed by atoms with Gasteiger partial charge in [0.2, 0.25) is 5.91 Å². The lowest BCUT2D eigenvalue weighted by Gasteiger charge is -2.15. The van der Waals surface area contributed by atoms with Crippen LogP contribution in [0.4, 0.5) is 5.69 Å². The van der Waals surface area contributed by atoms with Gasteiger partial charge in [-0.1, -0.05) is 11.6 Å². The van der Waals surface area contributed by atoms with Crippen LogP contribution in [0.5, 0.6) is 17.2 Å². The zero-order valence-corrected chi connectivity index (χ0v) is 17.6. The number of carbonyl (C=O) groups is 2. The van der Waals surface area contributed by atoms with Crippen LogP contribution in [-0.2, 0) is 9.53 Å². The smallest absolute Gasteiger partial charge is 0.340 e. The highest BCUT2D eigenvalue weighted by Gasteiger charge is 2.19. The molecule has 1 amide bonds. The summed E-state index contributed by atoms with van der Waals surface area (Å²) in [6.07, 6.45) is 0.705. The Labute approximate surface area is 174 Å². The Kier molecular flexibility index (Phi) is 8.15.